The van der Waals surface area contributed by atoms with Crippen LogP contribution in [0.2, 0.25) is 0 Å². The van der Waals surface area contributed by atoms with Crippen molar-refractivity contribution in [1.82, 2.24) is 19.2 Å². The van der Waals surface area contributed by atoms with Crippen LogP contribution in [-0.4, -0.2) is 68.1 Å². The Bertz CT molecular complexity index is 888. The van der Waals surface area contributed by atoms with Gasteiger partial charge in [-0.2, -0.15) is 0 Å². The van der Waals surface area contributed by atoms with Gasteiger partial charge >= 0.3 is 0 Å². The Morgan fingerprint density at radius 1 is 1.17 bits per heavy atom. The summed E-state index contributed by atoms with van der Waals surface area (Å²) < 4.78 is 2.22. The molecule has 5 rings (SSSR count). The van der Waals surface area contributed by atoms with Gasteiger partial charge in [-0.25, -0.2) is 4.98 Å². The lowest BCUT2D eigenvalue weighted by atomic mass is 10.1. The summed E-state index contributed by atoms with van der Waals surface area (Å²) in [5.41, 5.74) is 2.72. The summed E-state index contributed by atoms with van der Waals surface area (Å²) in [6.45, 7) is 8.43. The fourth-order valence-corrected chi connectivity index (χ4v) is 5.86. The fraction of sp³-hybridized carbons (Fsp3) is 0.591. The zero-order valence-electron chi connectivity index (χ0n) is 17.3. The third-order valence-electron chi connectivity index (χ3n) is 6.49. The summed E-state index contributed by atoms with van der Waals surface area (Å²) in [5, 5.41) is 12.1. The molecule has 1 N–H and O–H groups in total. The Hall–Kier alpha value is -1.70. The predicted molar refractivity (Wildman–Crippen MR) is 119 cm³/mol. The van der Waals surface area contributed by atoms with Crippen LogP contribution >= 0.6 is 11.8 Å². The molecule has 2 aromatic rings. The van der Waals surface area contributed by atoms with Crippen molar-refractivity contribution >= 4 is 23.1 Å². The number of fused-ring (bicyclic) bond motifs is 1. The van der Waals surface area contributed by atoms with Crippen LogP contribution in [0.5, 0.6) is 0 Å². The number of piperidine rings is 1. The molecule has 0 spiro atoms. The van der Waals surface area contributed by atoms with E-state index in [1.807, 2.05) is 11.8 Å². The minimum Gasteiger partial charge on any atom is -0.393 e. The molecule has 0 aliphatic carbocycles. The van der Waals surface area contributed by atoms with Crippen LogP contribution in [0.1, 0.15) is 44.7 Å². The van der Waals surface area contributed by atoms with Gasteiger partial charge in [-0.3, -0.25) is 4.90 Å². The molecule has 0 aromatic carbocycles. The highest BCUT2D eigenvalue weighted by Crippen LogP contribution is 2.35. The molecule has 2 saturated heterocycles. The van der Waals surface area contributed by atoms with Gasteiger partial charge in [0.2, 0.25) is 0 Å². The first kappa shape index (κ1) is 19.3. The molecule has 5 heterocycles. The molecule has 3 aliphatic rings. The van der Waals surface area contributed by atoms with Gasteiger partial charge in [-0.05, 0) is 42.7 Å². The number of hydrogen-bond acceptors (Lipinski definition) is 6. The molecular formula is C22H31N5OS. The summed E-state index contributed by atoms with van der Waals surface area (Å²) in [7, 11) is 0. The Kier molecular flexibility index (Phi) is 5.22. The molecule has 2 fully saturated rings. The third-order valence-corrected chi connectivity index (χ3v) is 7.55. The Morgan fingerprint density at radius 2 is 2.00 bits per heavy atom. The maximum atomic E-state index is 9.86. The van der Waals surface area contributed by atoms with Crippen LogP contribution in [0.25, 0.3) is 5.52 Å². The normalized spacial score (nSPS) is 26.5. The van der Waals surface area contributed by atoms with Crippen molar-refractivity contribution in [2.75, 3.05) is 31.1 Å². The van der Waals surface area contributed by atoms with E-state index in [1.54, 1.807) is 0 Å². The third kappa shape index (κ3) is 3.64. The van der Waals surface area contributed by atoms with E-state index in [-0.39, 0.29) is 6.10 Å². The smallest absolute Gasteiger partial charge is 0.153 e. The monoisotopic (exact) mass is 413 g/mol. The summed E-state index contributed by atoms with van der Waals surface area (Å²) >= 11 is 1.90. The minimum absolute atomic E-state index is 0.121. The second-order valence-corrected chi connectivity index (χ2v) is 9.76. The molecule has 1 unspecified atom stereocenters. The van der Waals surface area contributed by atoms with Gasteiger partial charge in [0, 0.05) is 44.8 Å². The van der Waals surface area contributed by atoms with Crippen LogP contribution in [0.4, 0.5) is 5.82 Å². The number of likely N-dealkylation sites (tertiary alicyclic amines) is 1. The van der Waals surface area contributed by atoms with Crippen molar-refractivity contribution in [2.45, 2.75) is 56.7 Å². The summed E-state index contributed by atoms with van der Waals surface area (Å²) in [5.74, 6) is 1.54. The van der Waals surface area contributed by atoms with Crippen molar-refractivity contribution in [3.05, 3.63) is 41.8 Å². The molecule has 2 aromatic heterocycles. The topological polar surface area (TPSA) is 47.2 Å². The average Bonchev–Trinajstić information content (AvgIpc) is 3.46. The van der Waals surface area contributed by atoms with Crippen LogP contribution in [-0.2, 0) is 0 Å². The summed E-state index contributed by atoms with van der Waals surface area (Å²) in [6, 6.07) is 4.78. The molecule has 7 heteroatoms. The SMILES string of the molecule is CC(C)c1cn2cccc2c(N2CC[C@H](N3C=CSC3N3CCC(O)CC3)C2)n1. The lowest BCUT2D eigenvalue weighted by Crippen LogP contribution is -2.50. The number of hydrogen-bond donors (Lipinski definition) is 1. The van der Waals surface area contributed by atoms with Crippen molar-refractivity contribution in [3.8, 4) is 0 Å². The van der Waals surface area contributed by atoms with E-state index in [0.717, 1.165) is 57.0 Å². The molecule has 3 aliphatic heterocycles. The molecule has 0 saturated carbocycles. The molecule has 0 amide bonds. The quantitative estimate of drug-likeness (QED) is 0.830. The number of nitrogens with zero attached hydrogens (tertiary/aromatic N) is 5. The molecular weight excluding hydrogens is 382 g/mol. The maximum Gasteiger partial charge on any atom is 0.153 e. The van der Waals surface area contributed by atoms with Crippen LogP contribution in [0.3, 0.4) is 0 Å². The number of anilines is 1. The van der Waals surface area contributed by atoms with Gasteiger partial charge in [-0.1, -0.05) is 25.6 Å². The first-order chi connectivity index (χ1) is 14.1. The molecule has 29 heavy (non-hydrogen) atoms. The highest BCUT2D eigenvalue weighted by Gasteiger charge is 2.37. The van der Waals surface area contributed by atoms with Crippen LogP contribution in [0.15, 0.2) is 36.1 Å². The van der Waals surface area contributed by atoms with E-state index in [0.29, 0.717) is 17.5 Å². The van der Waals surface area contributed by atoms with E-state index >= 15 is 0 Å². The van der Waals surface area contributed by atoms with Gasteiger partial charge in [0.25, 0.3) is 0 Å². The zero-order valence-corrected chi connectivity index (χ0v) is 18.1. The van der Waals surface area contributed by atoms with E-state index < -0.39 is 0 Å². The molecule has 156 valence electrons. The van der Waals surface area contributed by atoms with E-state index in [9.17, 15) is 5.11 Å². The largest absolute Gasteiger partial charge is 0.393 e. The van der Waals surface area contributed by atoms with Crippen LogP contribution in [0, 0.1) is 0 Å². The van der Waals surface area contributed by atoms with Crippen LogP contribution < -0.4 is 4.90 Å². The fourth-order valence-electron chi connectivity index (χ4n) is 4.74. The highest BCUT2D eigenvalue weighted by atomic mass is 32.2. The molecule has 2 atom stereocenters. The highest BCUT2D eigenvalue weighted by molar-refractivity contribution is 8.02. The molecule has 6 nitrogen and oxygen atoms in total. The van der Waals surface area contributed by atoms with E-state index in [2.05, 4.69) is 69.1 Å². The minimum atomic E-state index is -0.121. The van der Waals surface area contributed by atoms with Gasteiger partial charge < -0.3 is 19.3 Å². The zero-order chi connectivity index (χ0) is 20.0. The molecule has 0 bridgehead atoms. The van der Waals surface area contributed by atoms with Gasteiger partial charge in [0.1, 0.15) is 5.50 Å². The predicted octanol–water partition coefficient (Wildman–Crippen LogP) is 3.30. The Labute approximate surface area is 177 Å². The van der Waals surface area contributed by atoms with E-state index in [1.165, 1.54) is 5.52 Å². The second-order valence-electron chi connectivity index (χ2n) is 8.80. The number of aromatic nitrogens is 2. The first-order valence-corrected chi connectivity index (χ1v) is 11.8. The van der Waals surface area contributed by atoms with E-state index in [4.69, 9.17) is 4.98 Å². The summed E-state index contributed by atoms with van der Waals surface area (Å²) in [6.07, 6.45) is 9.38. The van der Waals surface area contributed by atoms with Gasteiger partial charge in [0.15, 0.2) is 5.82 Å². The van der Waals surface area contributed by atoms with Crippen molar-refractivity contribution < 1.29 is 5.11 Å². The average molecular weight is 414 g/mol. The van der Waals surface area contributed by atoms with Crippen molar-refractivity contribution in [3.63, 3.8) is 0 Å². The number of thioether (sulfide) groups is 1. The first-order valence-electron chi connectivity index (χ1n) is 10.8. The maximum absolute atomic E-state index is 9.86. The number of aliphatic hydroxyl groups excluding tert-OH is 1. The standard InChI is InChI=1S/C22H31N5OS/c1-16(2)19-15-25-8-3-4-20(25)21(23-19)26-9-5-17(14-26)27-12-13-29-22(27)24-10-6-18(28)7-11-24/h3-4,8,12-13,15-18,22,28H,5-7,9-11,14H2,1-2H3/t17-,22?/m0/s1. The number of rotatable bonds is 4. The molecule has 0 radical (unpaired) electrons. The van der Waals surface area contributed by atoms with Gasteiger partial charge in [0.05, 0.1) is 23.4 Å². The second kappa shape index (κ2) is 7.85. The number of aliphatic hydroxyl groups is 1. The van der Waals surface area contributed by atoms with Crippen molar-refractivity contribution in [2.24, 2.45) is 0 Å². The van der Waals surface area contributed by atoms with Crippen molar-refractivity contribution in [1.29, 1.82) is 0 Å². The Balaban J connectivity index is 1.34. The lowest BCUT2D eigenvalue weighted by Gasteiger charge is -2.40. The van der Waals surface area contributed by atoms with Gasteiger partial charge in [-0.15, -0.1) is 0 Å². The summed E-state index contributed by atoms with van der Waals surface area (Å²) in [4.78, 5) is 12.6. The lowest BCUT2D eigenvalue weighted by molar-refractivity contribution is 0.0420. The Morgan fingerprint density at radius 3 is 2.79 bits per heavy atom.